The van der Waals surface area contributed by atoms with E-state index in [2.05, 4.69) is 20.2 Å². The van der Waals surface area contributed by atoms with Crippen LogP contribution in [-0.2, 0) is 9.53 Å². The van der Waals surface area contributed by atoms with Crippen molar-refractivity contribution in [2.75, 3.05) is 42.3 Å². The van der Waals surface area contributed by atoms with Gasteiger partial charge in [-0.2, -0.15) is 9.97 Å². The molecule has 5 rings (SSSR count). The van der Waals surface area contributed by atoms with Crippen molar-refractivity contribution in [3.05, 3.63) is 46.9 Å². The van der Waals surface area contributed by atoms with Gasteiger partial charge in [-0.05, 0) is 30.5 Å². The number of nitrogens with one attached hydrogen (secondary N) is 1. The lowest BCUT2D eigenvalue weighted by Crippen LogP contribution is -2.38. The van der Waals surface area contributed by atoms with Gasteiger partial charge >= 0.3 is 0 Å². The molecule has 0 spiro atoms. The number of hydrogen-bond acceptors (Lipinski definition) is 8. The predicted octanol–water partition coefficient (Wildman–Crippen LogP) is 1.85. The number of hydrogen-bond donors (Lipinski definition) is 2. The van der Waals surface area contributed by atoms with Gasteiger partial charge in [-0.15, -0.1) is 0 Å². The zero-order valence-corrected chi connectivity index (χ0v) is 15.5. The van der Waals surface area contributed by atoms with E-state index in [1.165, 1.54) is 0 Å². The van der Waals surface area contributed by atoms with Crippen LogP contribution in [0.3, 0.4) is 0 Å². The fourth-order valence-electron chi connectivity index (χ4n) is 4.26. The lowest BCUT2D eigenvalue weighted by Gasteiger charge is -2.35. The number of morpholine rings is 1. The van der Waals surface area contributed by atoms with E-state index < -0.39 is 0 Å². The Morgan fingerprint density at radius 1 is 1.14 bits per heavy atom. The molecule has 0 unspecified atom stereocenters. The number of pyridine rings is 1. The Morgan fingerprint density at radius 3 is 2.71 bits per heavy atom. The number of rotatable bonds is 2. The summed E-state index contributed by atoms with van der Waals surface area (Å²) in [7, 11) is 0. The average Bonchev–Trinajstić information content (AvgIpc) is 2.73. The summed E-state index contributed by atoms with van der Waals surface area (Å²) >= 11 is 0. The van der Waals surface area contributed by atoms with Gasteiger partial charge in [-0.1, -0.05) is 0 Å². The maximum absolute atomic E-state index is 12.8. The van der Waals surface area contributed by atoms with Crippen LogP contribution in [0.1, 0.15) is 36.3 Å². The molecule has 1 aliphatic carbocycles. The van der Waals surface area contributed by atoms with Crippen molar-refractivity contribution in [3.63, 3.8) is 0 Å². The number of allylic oxidation sites excluding steroid dienone is 2. The Bertz CT molecular complexity index is 953. The maximum atomic E-state index is 12.8. The highest BCUT2D eigenvalue weighted by atomic mass is 16.5. The average molecular weight is 378 g/mol. The van der Waals surface area contributed by atoms with Gasteiger partial charge < -0.3 is 20.7 Å². The number of carbonyl (C=O) groups excluding carboxylic acids is 1. The normalized spacial score (nSPS) is 21.8. The van der Waals surface area contributed by atoms with Crippen molar-refractivity contribution in [3.8, 4) is 0 Å². The summed E-state index contributed by atoms with van der Waals surface area (Å²) in [6.07, 6.45) is 5.72. The SMILES string of the molecule is Nc1nc(N2CCOCC2)nc2c1[C@@H](c1ccncc1)C1=C(CCCC1=O)N2. The number of Topliss-reactive ketones (excluding diaryl/α,β-unsaturated/α-hetero) is 1. The van der Waals surface area contributed by atoms with Crippen molar-refractivity contribution in [1.82, 2.24) is 15.0 Å². The summed E-state index contributed by atoms with van der Waals surface area (Å²) in [6, 6.07) is 3.86. The second kappa shape index (κ2) is 6.87. The molecule has 2 aliphatic heterocycles. The first kappa shape index (κ1) is 17.1. The Labute approximate surface area is 162 Å². The molecule has 8 heteroatoms. The molecule has 1 fully saturated rings. The fourth-order valence-corrected chi connectivity index (χ4v) is 4.26. The van der Waals surface area contributed by atoms with Crippen LogP contribution in [0.25, 0.3) is 0 Å². The number of nitrogens with two attached hydrogens (primary N) is 1. The Kier molecular flexibility index (Phi) is 4.20. The minimum Gasteiger partial charge on any atom is -0.383 e. The highest BCUT2D eigenvalue weighted by Crippen LogP contribution is 2.46. The molecule has 2 aromatic heterocycles. The van der Waals surface area contributed by atoms with E-state index in [1.807, 2.05) is 12.1 Å². The number of fused-ring (bicyclic) bond motifs is 1. The summed E-state index contributed by atoms with van der Waals surface area (Å²) in [5.41, 5.74) is 9.95. The van der Waals surface area contributed by atoms with Crippen LogP contribution < -0.4 is 16.0 Å². The Morgan fingerprint density at radius 2 is 1.93 bits per heavy atom. The monoisotopic (exact) mass is 378 g/mol. The van der Waals surface area contributed by atoms with Crippen LogP contribution in [0, 0.1) is 0 Å². The molecule has 0 aromatic carbocycles. The van der Waals surface area contributed by atoms with E-state index in [-0.39, 0.29) is 11.7 Å². The first-order valence-electron chi connectivity index (χ1n) is 9.65. The molecule has 3 N–H and O–H groups in total. The van der Waals surface area contributed by atoms with Gasteiger partial charge in [0.1, 0.15) is 11.6 Å². The third-order valence-electron chi connectivity index (χ3n) is 5.60. The number of anilines is 3. The van der Waals surface area contributed by atoms with E-state index in [1.54, 1.807) is 12.4 Å². The number of nitrogens with zero attached hydrogens (tertiary/aromatic N) is 4. The fraction of sp³-hybridized carbons (Fsp3) is 0.400. The van der Waals surface area contributed by atoms with Crippen LogP contribution in [0.5, 0.6) is 0 Å². The van der Waals surface area contributed by atoms with Gasteiger partial charge in [0.25, 0.3) is 0 Å². The molecular weight excluding hydrogens is 356 g/mol. The predicted molar refractivity (Wildman–Crippen MR) is 105 cm³/mol. The van der Waals surface area contributed by atoms with E-state index in [0.717, 1.165) is 48.3 Å². The number of aromatic nitrogens is 3. The van der Waals surface area contributed by atoms with Gasteiger partial charge in [-0.3, -0.25) is 9.78 Å². The maximum Gasteiger partial charge on any atom is 0.229 e. The molecule has 4 heterocycles. The third kappa shape index (κ3) is 2.80. The number of ether oxygens (including phenoxy) is 1. The van der Waals surface area contributed by atoms with E-state index in [9.17, 15) is 4.79 Å². The summed E-state index contributed by atoms with van der Waals surface area (Å²) < 4.78 is 5.43. The van der Waals surface area contributed by atoms with Crippen LogP contribution in [0.15, 0.2) is 35.8 Å². The lowest BCUT2D eigenvalue weighted by molar-refractivity contribution is -0.116. The van der Waals surface area contributed by atoms with Crippen molar-refractivity contribution in [2.24, 2.45) is 0 Å². The Hall–Kier alpha value is -3.00. The summed E-state index contributed by atoms with van der Waals surface area (Å²) in [6.45, 7) is 2.77. The molecule has 2 aromatic rings. The summed E-state index contributed by atoms with van der Waals surface area (Å²) in [5.74, 6) is 1.61. The topological polar surface area (TPSA) is 106 Å². The van der Waals surface area contributed by atoms with Gasteiger partial charge in [0.2, 0.25) is 5.95 Å². The van der Waals surface area contributed by atoms with E-state index in [4.69, 9.17) is 15.5 Å². The molecule has 0 saturated carbocycles. The van der Waals surface area contributed by atoms with Crippen molar-refractivity contribution in [2.45, 2.75) is 25.2 Å². The minimum atomic E-state index is -0.263. The standard InChI is InChI=1S/C20H22N6O2/c21-18-17-15(12-4-6-22-7-5-12)16-13(2-1-3-14(16)27)23-19(17)25-20(24-18)26-8-10-28-11-9-26/h4-7,15H,1-3,8-11H2,(H3,21,23,24,25)/t15-/m0/s1. The van der Waals surface area contributed by atoms with E-state index in [0.29, 0.717) is 37.2 Å². The molecule has 1 saturated heterocycles. The summed E-state index contributed by atoms with van der Waals surface area (Å²) in [5, 5.41) is 3.40. The zero-order valence-electron chi connectivity index (χ0n) is 15.5. The lowest BCUT2D eigenvalue weighted by atomic mass is 9.76. The van der Waals surface area contributed by atoms with Crippen molar-refractivity contribution >= 4 is 23.4 Å². The molecule has 0 radical (unpaired) electrons. The number of carbonyl (C=O) groups is 1. The molecule has 1 atom stereocenters. The van der Waals surface area contributed by atoms with Gasteiger partial charge in [0.15, 0.2) is 5.78 Å². The molecule has 28 heavy (non-hydrogen) atoms. The molecule has 3 aliphatic rings. The molecule has 144 valence electrons. The van der Waals surface area contributed by atoms with Crippen LogP contribution in [-0.4, -0.2) is 47.0 Å². The highest BCUT2D eigenvalue weighted by molar-refractivity contribution is 6.01. The van der Waals surface area contributed by atoms with Crippen LogP contribution in [0.2, 0.25) is 0 Å². The first-order valence-corrected chi connectivity index (χ1v) is 9.65. The van der Waals surface area contributed by atoms with Crippen LogP contribution >= 0.6 is 0 Å². The minimum absolute atomic E-state index is 0.165. The van der Waals surface area contributed by atoms with Gasteiger partial charge in [0.05, 0.1) is 13.2 Å². The second-order valence-corrected chi connectivity index (χ2v) is 7.28. The van der Waals surface area contributed by atoms with Gasteiger partial charge in [-0.25, -0.2) is 0 Å². The van der Waals surface area contributed by atoms with E-state index >= 15 is 0 Å². The largest absolute Gasteiger partial charge is 0.383 e. The van der Waals surface area contributed by atoms with Gasteiger partial charge in [0, 0.05) is 54.7 Å². The number of nitrogen functional groups attached to an aromatic ring is 1. The van der Waals surface area contributed by atoms with Crippen molar-refractivity contribution < 1.29 is 9.53 Å². The van der Waals surface area contributed by atoms with Crippen LogP contribution in [0.4, 0.5) is 17.6 Å². The zero-order chi connectivity index (χ0) is 19.1. The second-order valence-electron chi connectivity index (χ2n) is 7.28. The Balaban J connectivity index is 1.66. The smallest absolute Gasteiger partial charge is 0.229 e. The molecule has 8 nitrogen and oxygen atoms in total. The first-order chi connectivity index (χ1) is 13.7. The molecule has 0 bridgehead atoms. The quantitative estimate of drug-likeness (QED) is 0.816. The summed E-state index contributed by atoms with van der Waals surface area (Å²) in [4.78, 5) is 28.4. The highest BCUT2D eigenvalue weighted by Gasteiger charge is 2.38. The van der Waals surface area contributed by atoms with Crippen molar-refractivity contribution in [1.29, 1.82) is 0 Å². The molecule has 0 amide bonds. The number of ketones is 1. The molecular formula is C20H22N6O2. The third-order valence-corrected chi connectivity index (χ3v) is 5.60.